The molecule has 0 saturated carbocycles. The average Bonchev–Trinajstić information content (AvgIpc) is 3.36. The predicted octanol–water partition coefficient (Wildman–Crippen LogP) is 4.41. The fraction of sp³-hybridized carbons (Fsp3) is 0.217. The van der Waals surface area contributed by atoms with Crippen molar-refractivity contribution in [1.82, 2.24) is 10.2 Å². The maximum atomic E-state index is 12.5. The third-order valence-corrected chi connectivity index (χ3v) is 6.02. The van der Waals surface area contributed by atoms with Gasteiger partial charge < -0.3 is 4.90 Å². The number of hydrogen-bond donors (Lipinski definition) is 1. The van der Waals surface area contributed by atoms with E-state index in [1.54, 1.807) is 11.8 Å². The molecule has 2 heterocycles. The molecule has 1 fully saturated rings. The molecule has 152 valence electrons. The van der Waals surface area contributed by atoms with Crippen molar-refractivity contribution in [3.8, 4) is 0 Å². The molecule has 1 saturated heterocycles. The quantitative estimate of drug-likeness (QED) is 0.623. The molecular formula is C23H22N4O2S. The largest absolute Gasteiger partial charge is 0.312 e. The smallest absolute Gasteiger partial charge is 0.253 e. The number of benzene rings is 2. The highest BCUT2D eigenvalue weighted by Crippen LogP contribution is 2.34. The SMILES string of the molecule is C/C(=C\c1ccccc1)C(=O)Nc1nnc(C2CC(=O)N(c3ccc(C)cc3)C2)s1. The second kappa shape index (κ2) is 8.59. The van der Waals surface area contributed by atoms with E-state index in [1.165, 1.54) is 11.3 Å². The van der Waals surface area contributed by atoms with Crippen LogP contribution in [0.3, 0.4) is 0 Å². The highest BCUT2D eigenvalue weighted by molar-refractivity contribution is 7.15. The first-order valence-electron chi connectivity index (χ1n) is 9.75. The molecule has 1 unspecified atom stereocenters. The highest BCUT2D eigenvalue weighted by atomic mass is 32.1. The molecule has 7 heteroatoms. The summed E-state index contributed by atoms with van der Waals surface area (Å²) < 4.78 is 0. The summed E-state index contributed by atoms with van der Waals surface area (Å²) in [5.41, 5.74) is 3.60. The molecular weight excluding hydrogens is 396 g/mol. The minimum Gasteiger partial charge on any atom is -0.312 e. The minimum absolute atomic E-state index is 0.0251. The second-order valence-electron chi connectivity index (χ2n) is 7.38. The van der Waals surface area contributed by atoms with E-state index in [4.69, 9.17) is 0 Å². The molecule has 0 bridgehead atoms. The van der Waals surface area contributed by atoms with Crippen molar-refractivity contribution in [2.24, 2.45) is 0 Å². The van der Waals surface area contributed by atoms with Crippen LogP contribution in [0.25, 0.3) is 6.08 Å². The first-order chi connectivity index (χ1) is 14.5. The van der Waals surface area contributed by atoms with Gasteiger partial charge in [0.2, 0.25) is 11.0 Å². The summed E-state index contributed by atoms with van der Waals surface area (Å²) in [7, 11) is 0. The first kappa shape index (κ1) is 20.0. The number of amides is 2. The zero-order valence-corrected chi connectivity index (χ0v) is 17.6. The van der Waals surface area contributed by atoms with Gasteiger partial charge in [-0.25, -0.2) is 0 Å². The normalized spacial score (nSPS) is 16.7. The average molecular weight is 419 g/mol. The van der Waals surface area contributed by atoms with Crippen molar-refractivity contribution in [2.45, 2.75) is 26.2 Å². The monoisotopic (exact) mass is 418 g/mol. The van der Waals surface area contributed by atoms with Crippen molar-refractivity contribution in [1.29, 1.82) is 0 Å². The van der Waals surface area contributed by atoms with Crippen LogP contribution >= 0.6 is 11.3 Å². The fourth-order valence-electron chi connectivity index (χ4n) is 3.36. The lowest BCUT2D eigenvalue weighted by Crippen LogP contribution is -2.24. The molecule has 6 nitrogen and oxygen atoms in total. The van der Waals surface area contributed by atoms with Crippen LogP contribution in [0.15, 0.2) is 60.2 Å². The van der Waals surface area contributed by atoms with E-state index in [-0.39, 0.29) is 17.7 Å². The highest BCUT2D eigenvalue weighted by Gasteiger charge is 2.34. The molecule has 1 aliphatic rings. The first-order valence-corrected chi connectivity index (χ1v) is 10.6. The van der Waals surface area contributed by atoms with Gasteiger partial charge in [0.25, 0.3) is 5.91 Å². The maximum absolute atomic E-state index is 12.5. The fourth-order valence-corrected chi connectivity index (χ4v) is 4.19. The summed E-state index contributed by atoms with van der Waals surface area (Å²) in [4.78, 5) is 26.7. The van der Waals surface area contributed by atoms with Gasteiger partial charge in [0.05, 0.1) is 0 Å². The van der Waals surface area contributed by atoms with E-state index in [2.05, 4.69) is 15.5 Å². The number of aryl methyl sites for hydroxylation is 1. The molecule has 2 aromatic carbocycles. The van der Waals surface area contributed by atoms with E-state index in [9.17, 15) is 9.59 Å². The Morgan fingerprint density at radius 1 is 1.13 bits per heavy atom. The van der Waals surface area contributed by atoms with Crippen LogP contribution in [-0.4, -0.2) is 28.6 Å². The number of nitrogens with one attached hydrogen (secondary N) is 1. The van der Waals surface area contributed by atoms with Gasteiger partial charge in [-0.3, -0.25) is 14.9 Å². The van der Waals surface area contributed by atoms with Crippen molar-refractivity contribution in [3.63, 3.8) is 0 Å². The van der Waals surface area contributed by atoms with Gasteiger partial charge in [0.15, 0.2) is 0 Å². The molecule has 4 rings (SSSR count). The zero-order chi connectivity index (χ0) is 21.1. The van der Waals surface area contributed by atoms with Gasteiger partial charge in [-0.1, -0.05) is 59.4 Å². The molecule has 0 aliphatic carbocycles. The number of carbonyl (C=O) groups excluding carboxylic acids is 2. The van der Waals surface area contributed by atoms with Crippen LogP contribution in [0.4, 0.5) is 10.8 Å². The lowest BCUT2D eigenvalue weighted by molar-refractivity contribution is -0.117. The van der Waals surface area contributed by atoms with Crippen molar-refractivity contribution < 1.29 is 9.59 Å². The van der Waals surface area contributed by atoms with Gasteiger partial charge in [-0.05, 0) is 37.6 Å². The predicted molar refractivity (Wildman–Crippen MR) is 120 cm³/mol. The standard InChI is InChI=1S/C23H22N4O2S/c1-15-8-10-19(11-9-15)27-14-18(13-20(27)28)22-25-26-23(30-22)24-21(29)16(2)12-17-6-4-3-5-7-17/h3-12,18H,13-14H2,1-2H3,(H,24,26,29)/b16-12+. The van der Waals surface area contributed by atoms with Gasteiger partial charge in [-0.15, -0.1) is 10.2 Å². The third-order valence-electron chi connectivity index (χ3n) is 5.02. The number of carbonyl (C=O) groups is 2. The molecule has 1 atom stereocenters. The van der Waals surface area contributed by atoms with Crippen molar-refractivity contribution in [2.75, 3.05) is 16.8 Å². The number of anilines is 2. The summed E-state index contributed by atoms with van der Waals surface area (Å²) >= 11 is 1.32. The molecule has 1 N–H and O–H groups in total. The lowest BCUT2D eigenvalue weighted by Gasteiger charge is -2.16. The lowest BCUT2D eigenvalue weighted by atomic mass is 10.1. The van der Waals surface area contributed by atoms with E-state index in [0.29, 0.717) is 23.7 Å². The summed E-state index contributed by atoms with van der Waals surface area (Å²) in [6.07, 6.45) is 2.22. The van der Waals surface area contributed by atoms with Crippen LogP contribution in [0.5, 0.6) is 0 Å². The Morgan fingerprint density at radius 2 is 1.87 bits per heavy atom. The van der Waals surface area contributed by atoms with E-state index >= 15 is 0 Å². The zero-order valence-electron chi connectivity index (χ0n) is 16.8. The number of rotatable bonds is 5. The molecule has 1 aromatic heterocycles. The number of hydrogen-bond acceptors (Lipinski definition) is 5. The van der Waals surface area contributed by atoms with E-state index in [1.807, 2.05) is 67.6 Å². The third kappa shape index (κ3) is 4.46. The molecule has 0 spiro atoms. The molecule has 3 aromatic rings. The Balaban J connectivity index is 1.42. The van der Waals surface area contributed by atoms with Crippen molar-refractivity contribution >= 4 is 40.0 Å². The molecule has 0 radical (unpaired) electrons. The maximum Gasteiger partial charge on any atom is 0.253 e. The van der Waals surface area contributed by atoms with Gasteiger partial charge in [0.1, 0.15) is 5.01 Å². The molecule has 30 heavy (non-hydrogen) atoms. The van der Waals surface area contributed by atoms with Crippen molar-refractivity contribution in [3.05, 3.63) is 76.3 Å². The van der Waals surface area contributed by atoms with Crippen LogP contribution in [0.1, 0.15) is 35.4 Å². The Bertz CT molecular complexity index is 1090. The van der Waals surface area contributed by atoms with Gasteiger partial charge >= 0.3 is 0 Å². The molecule has 2 amide bonds. The topological polar surface area (TPSA) is 75.2 Å². The Kier molecular flexibility index (Phi) is 5.72. The van der Waals surface area contributed by atoms with Gasteiger partial charge in [-0.2, -0.15) is 0 Å². The van der Waals surface area contributed by atoms with Crippen LogP contribution in [-0.2, 0) is 9.59 Å². The number of aromatic nitrogens is 2. The Morgan fingerprint density at radius 3 is 2.60 bits per heavy atom. The summed E-state index contributed by atoms with van der Waals surface area (Å²) in [6, 6.07) is 17.6. The number of nitrogens with zero attached hydrogens (tertiary/aromatic N) is 3. The Hall–Kier alpha value is -3.32. The summed E-state index contributed by atoms with van der Waals surface area (Å²) in [5, 5.41) is 12.3. The van der Waals surface area contributed by atoms with E-state index in [0.717, 1.165) is 21.8 Å². The molecule has 1 aliphatic heterocycles. The van der Waals surface area contributed by atoms with E-state index < -0.39 is 0 Å². The Labute approximate surface area is 179 Å². The second-order valence-corrected chi connectivity index (χ2v) is 8.39. The van der Waals surface area contributed by atoms with Crippen LogP contribution < -0.4 is 10.2 Å². The summed E-state index contributed by atoms with van der Waals surface area (Å²) in [5.74, 6) is -0.167. The minimum atomic E-state index is -0.217. The van der Waals surface area contributed by atoms with Gasteiger partial charge in [0, 0.05) is 30.1 Å². The summed E-state index contributed by atoms with van der Waals surface area (Å²) in [6.45, 7) is 4.35. The van der Waals surface area contributed by atoms with Crippen LogP contribution in [0, 0.1) is 6.92 Å². The van der Waals surface area contributed by atoms with Crippen LogP contribution in [0.2, 0.25) is 0 Å².